The lowest BCUT2D eigenvalue weighted by Gasteiger charge is -2.03. The molecule has 0 radical (unpaired) electrons. The zero-order valence-electron chi connectivity index (χ0n) is 14.4. The van der Waals surface area contributed by atoms with Crippen molar-refractivity contribution in [3.8, 4) is 21.7 Å². The summed E-state index contributed by atoms with van der Waals surface area (Å²) in [5.41, 5.74) is 3.21. The van der Waals surface area contributed by atoms with Gasteiger partial charge in [-0.3, -0.25) is 9.78 Å². The van der Waals surface area contributed by atoms with E-state index in [9.17, 15) is 4.79 Å². The van der Waals surface area contributed by atoms with Gasteiger partial charge in [0, 0.05) is 33.7 Å². The summed E-state index contributed by atoms with van der Waals surface area (Å²) in [6.07, 6.45) is 3.24. The van der Waals surface area contributed by atoms with Crippen molar-refractivity contribution in [3.05, 3.63) is 88.1 Å². The molecule has 2 heterocycles. The first-order chi connectivity index (χ1) is 13.6. The molecule has 0 saturated heterocycles. The normalized spacial score (nSPS) is 10.6. The molecule has 2 aromatic heterocycles. The van der Waals surface area contributed by atoms with E-state index >= 15 is 0 Å². The lowest BCUT2D eigenvalue weighted by atomic mass is 10.1. The summed E-state index contributed by atoms with van der Waals surface area (Å²) in [6, 6.07) is 18.3. The van der Waals surface area contributed by atoms with Crippen LogP contribution in [-0.2, 0) is 0 Å². The van der Waals surface area contributed by atoms with E-state index in [2.05, 4.69) is 15.3 Å². The molecule has 138 valence electrons. The first kappa shape index (κ1) is 18.6. The van der Waals surface area contributed by atoms with Crippen molar-refractivity contribution in [1.29, 1.82) is 0 Å². The molecule has 0 fully saturated rings. The Bertz CT molecular complexity index is 1050. The highest BCUT2D eigenvalue weighted by atomic mass is 35.5. The second-order valence-electron chi connectivity index (χ2n) is 5.90. The zero-order chi connectivity index (χ0) is 19.5. The zero-order valence-corrected chi connectivity index (χ0v) is 16.7. The van der Waals surface area contributed by atoms with Crippen molar-refractivity contribution in [2.75, 3.05) is 5.32 Å². The first-order valence-electron chi connectivity index (χ1n) is 8.34. The Balaban J connectivity index is 1.76. The van der Waals surface area contributed by atoms with E-state index in [1.807, 2.05) is 36.4 Å². The molecule has 4 rings (SSSR count). The van der Waals surface area contributed by atoms with Gasteiger partial charge >= 0.3 is 0 Å². The molecule has 0 atom stereocenters. The fourth-order valence-electron chi connectivity index (χ4n) is 2.64. The number of nitrogens with one attached hydrogen (secondary N) is 1. The molecule has 0 bridgehead atoms. The molecule has 1 amide bonds. The minimum Gasteiger partial charge on any atom is -0.320 e. The quantitative estimate of drug-likeness (QED) is 0.409. The van der Waals surface area contributed by atoms with E-state index in [4.69, 9.17) is 23.2 Å². The summed E-state index contributed by atoms with van der Waals surface area (Å²) >= 11 is 13.4. The number of hydrogen-bond donors (Lipinski definition) is 1. The largest absolute Gasteiger partial charge is 0.320 e. The Morgan fingerprint density at radius 3 is 2.00 bits per heavy atom. The Kier molecular flexibility index (Phi) is 5.39. The van der Waals surface area contributed by atoms with Crippen LogP contribution >= 0.6 is 34.5 Å². The number of hydrogen-bond acceptors (Lipinski definition) is 4. The van der Waals surface area contributed by atoms with E-state index < -0.39 is 0 Å². The van der Waals surface area contributed by atoms with Crippen LogP contribution in [0.3, 0.4) is 0 Å². The second-order valence-corrected chi connectivity index (χ2v) is 7.77. The van der Waals surface area contributed by atoms with Crippen molar-refractivity contribution in [2.24, 2.45) is 0 Å². The van der Waals surface area contributed by atoms with Crippen LogP contribution in [-0.4, -0.2) is 15.9 Å². The highest BCUT2D eigenvalue weighted by Crippen LogP contribution is 2.37. The third-order valence-corrected chi connectivity index (χ3v) is 5.59. The molecule has 2 aromatic carbocycles. The van der Waals surface area contributed by atoms with E-state index in [1.165, 1.54) is 11.3 Å². The topological polar surface area (TPSA) is 54.9 Å². The van der Waals surface area contributed by atoms with Gasteiger partial charge in [-0.05, 0) is 42.0 Å². The predicted octanol–water partition coefficient (Wildman–Crippen LogP) is 6.43. The number of nitrogens with zero attached hydrogens (tertiary/aromatic N) is 2. The summed E-state index contributed by atoms with van der Waals surface area (Å²) in [4.78, 5) is 22.2. The summed E-state index contributed by atoms with van der Waals surface area (Å²) in [5, 5.41) is 4.51. The molecular formula is C21H13Cl2N3OS. The maximum Gasteiger partial charge on any atom is 0.284 e. The van der Waals surface area contributed by atoms with Crippen LogP contribution < -0.4 is 5.32 Å². The number of rotatable bonds is 4. The van der Waals surface area contributed by atoms with Crippen LogP contribution in [0.15, 0.2) is 73.1 Å². The molecule has 0 unspecified atom stereocenters. The fourth-order valence-corrected chi connectivity index (χ4v) is 3.88. The smallest absolute Gasteiger partial charge is 0.284 e. The molecule has 0 aliphatic heterocycles. The highest BCUT2D eigenvalue weighted by molar-refractivity contribution is 7.17. The number of thiazole rings is 1. The summed E-state index contributed by atoms with van der Waals surface area (Å²) in [6.45, 7) is 0. The summed E-state index contributed by atoms with van der Waals surface area (Å²) in [5.74, 6) is -0.272. The molecule has 4 nitrogen and oxygen atoms in total. The van der Waals surface area contributed by atoms with E-state index in [-0.39, 0.29) is 5.91 Å². The number of pyridine rings is 1. The Morgan fingerprint density at radius 2 is 1.39 bits per heavy atom. The maximum atomic E-state index is 12.7. The SMILES string of the molecule is O=C(Nc1ccncc1)c1nc(-c2ccc(Cl)cc2)c(-c2ccc(Cl)cc2)s1. The van der Waals surface area contributed by atoms with Gasteiger partial charge in [0.25, 0.3) is 5.91 Å². The molecule has 0 aliphatic carbocycles. The van der Waals surface area contributed by atoms with Crippen molar-refractivity contribution in [2.45, 2.75) is 0 Å². The Morgan fingerprint density at radius 1 is 0.821 bits per heavy atom. The van der Waals surface area contributed by atoms with Crippen LogP contribution in [0.1, 0.15) is 9.80 Å². The maximum absolute atomic E-state index is 12.7. The third kappa shape index (κ3) is 4.07. The standard InChI is InChI=1S/C21H13Cl2N3OS/c22-15-5-1-13(2-6-15)18-19(14-3-7-16(23)8-4-14)28-21(26-18)20(27)25-17-9-11-24-12-10-17/h1-12H,(H,24,25,27). The molecule has 7 heteroatoms. The minimum absolute atomic E-state index is 0.272. The van der Waals surface area contributed by atoms with E-state index in [1.54, 1.807) is 36.7 Å². The number of carbonyl (C=O) groups excluding carboxylic acids is 1. The highest BCUT2D eigenvalue weighted by Gasteiger charge is 2.19. The summed E-state index contributed by atoms with van der Waals surface area (Å²) in [7, 11) is 0. The molecule has 28 heavy (non-hydrogen) atoms. The number of halogens is 2. The van der Waals surface area contributed by atoms with Crippen molar-refractivity contribution < 1.29 is 4.79 Å². The van der Waals surface area contributed by atoms with Crippen LogP contribution in [0.2, 0.25) is 10.0 Å². The molecule has 0 saturated carbocycles. The van der Waals surface area contributed by atoms with Gasteiger partial charge in [0.1, 0.15) is 0 Å². The minimum atomic E-state index is -0.272. The first-order valence-corrected chi connectivity index (χ1v) is 9.91. The predicted molar refractivity (Wildman–Crippen MR) is 115 cm³/mol. The van der Waals surface area contributed by atoms with Crippen molar-refractivity contribution in [1.82, 2.24) is 9.97 Å². The lowest BCUT2D eigenvalue weighted by Crippen LogP contribution is -2.11. The third-order valence-electron chi connectivity index (χ3n) is 3.98. The van der Waals surface area contributed by atoms with Crippen LogP contribution in [0, 0.1) is 0 Å². The molecule has 4 aromatic rings. The second kappa shape index (κ2) is 8.10. The number of amides is 1. The van der Waals surface area contributed by atoms with Gasteiger partial charge in [0.15, 0.2) is 5.01 Å². The number of anilines is 1. The lowest BCUT2D eigenvalue weighted by molar-refractivity contribution is 0.102. The molecule has 0 aliphatic rings. The van der Waals surface area contributed by atoms with Gasteiger partial charge in [-0.1, -0.05) is 47.5 Å². The number of aromatic nitrogens is 2. The monoisotopic (exact) mass is 425 g/mol. The van der Waals surface area contributed by atoms with Gasteiger partial charge < -0.3 is 5.32 Å². The van der Waals surface area contributed by atoms with Crippen molar-refractivity contribution in [3.63, 3.8) is 0 Å². The average molecular weight is 426 g/mol. The molecule has 1 N–H and O–H groups in total. The number of carbonyl (C=O) groups is 1. The average Bonchev–Trinajstić information content (AvgIpc) is 3.15. The van der Waals surface area contributed by atoms with Crippen LogP contribution in [0.4, 0.5) is 5.69 Å². The van der Waals surface area contributed by atoms with Gasteiger partial charge in [0.05, 0.1) is 10.6 Å². The molecular weight excluding hydrogens is 413 g/mol. The van der Waals surface area contributed by atoms with E-state index in [0.717, 1.165) is 21.7 Å². The van der Waals surface area contributed by atoms with Gasteiger partial charge in [0.2, 0.25) is 0 Å². The van der Waals surface area contributed by atoms with Crippen LogP contribution in [0.25, 0.3) is 21.7 Å². The fraction of sp³-hybridized carbons (Fsp3) is 0. The Hall–Kier alpha value is -2.73. The Labute approximate surface area is 175 Å². The van der Waals surface area contributed by atoms with Gasteiger partial charge in [-0.25, -0.2) is 4.98 Å². The van der Waals surface area contributed by atoms with Crippen molar-refractivity contribution >= 4 is 46.1 Å². The van der Waals surface area contributed by atoms with Gasteiger partial charge in [-0.2, -0.15) is 0 Å². The van der Waals surface area contributed by atoms with Crippen LogP contribution in [0.5, 0.6) is 0 Å². The van der Waals surface area contributed by atoms with Gasteiger partial charge in [-0.15, -0.1) is 11.3 Å². The summed E-state index contributed by atoms with van der Waals surface area (Å²) < 4.78 is 0. The van der Waals surface area contributed by atoms with E-state index in [0.29, 0.717) is 20.7 Å². The molecule has 0 spiro atoms. The number of benzene rings is 2.